The summed E-state index contributed by atoms with van der Waals surface area (Å²) in [6.45, 7) is 0.696. The van der Waals surface area contributed by atoms with Crippen LogP contribution in [0.5, 0.6) is 0 Å². The Labute approximate surface area is 112 Å². The van der Waals surface area contributed by atoms with Gasteiger partial charge in [0.2, 0.25) is 0 Å². The van der Waals surface area contributed by atoms with E-state index in [1.54, 1.807) is 12.1 Å². The molecule has 1 aromatic rings. The van der Waals surface area contributed by atoms with Crippen LogP contribution in [0, 0.1) is 5.41 Å². The normalized spacial score (nSPS) is 18.2. The molecule has 1 fully saturated rings. The van der Waals surface area contributed by atoms with Crippen molar-refractivity contribution in [1.82, 2.24) is 0 Å². The molecule has 5 nitrogen and oxygen atoms in total. The van der Waals surface area contributed by atoms with E-state index in [0.717, 1.165) is 12.1 Å². The molecule has 4 N–H and O–H groups in total. The Balaban J connectivity index is 0.00000162. The van der Waals surface area contributed by atoms with Gasteiger partial charge >= 0.3 is 5.97 Å². The second kappa shape index (κ2) is 5.73. The van der Waals surface area contributed by atoms with Crippen molar-refractivity contribution in [2.45, 2.75) is 18.9 Å². The SMILES string of the molecule is Cl.N=C(N)c1ccccc1N1CCCC1C(=O)O. The zero-order chi connectivity index (χ0) is 12.4. The van der Waals surface area contributed by atoms with Crippen molar-refractivity contribution in [3.63, 3.8) is 0 Å². The first-order valence-corrected chi connectivity index (χ1v) is 5.54. The average Bonchev–Trinajstić information content (AvgIpc) is 2.77. The van der Waals surface area contributed by atoms with E-state index in [1.807, 2.05) is 17.0 Å². The fourth-order valence-corrected chi connectivity index (χ4v) is 2.26. The highest BCUT2D eigenvalue weighted by Crippen LogP contribution is 2.28. The largest absolute Gasteiger partial charge is 0.480 e. The first kappa shape index (κ1) is 14.3. The van der Waals surface area contributed by atoms with Crippen LogP contribution in [0.1, 0.15) is 18.4 Å². The molecule has 0 aromatic heterocycles. The monoisotopic (exact) mass is 269 g/mol. The number of nitrogen functional groups attached to an aromatic ring is 1. The van der Waals surface area contributed by atoms with Gasteiger partial charge in [0.1, 0.15) is 11.9 Å². The molecule has 0 bridgehead atoms. The number of aliphatic carboxylic acids is 1. The van der Waals surface area contributed by atoms with Gasteiger partial charge in [-0.2, -0.15) is 0 Å². The summed E-state index contributed by atoms with van der Waals surface area (Å²) in [4.78, 5) is 13.0. The molecule has 1 aliphatic rings. The summed E-state index contributed by atoms with van der Waals surface area (Å²) in [6.07, 6.45) is 1.49. The quantitative estimate of drug-likeness (QED) is 0.572. The second-order valence-electron chi connectivity index (χ2n) is 4.12. The van der Waals surface area contributed by atoms with Crippen LogP contribution < -0.4 is 10.6 Å². The van der Waals surface area contributed by atoms with Crippen LogP contribution in [0.4, 0.5) is 5.69 Å². The number of carboxylic acids is 1. The molecule has 0 radical (unpaired) electrons. The van der Waals surface area contributed by atoms with Crippen molar-refractivity contribution in [2.75, 3.05) is 11.4 Å². The second-order valence-corrected chi connectivity index (χ2v) is 4.12. The van der Waals surface area contributed by atoms with Gasteiger partial charge in [-0.15, -0.1) is 12.4 Å². The third-order valence-electron chi connectivity index (χ3n) is 3.04. The maximum atomic E-state index is 11.1. The third-order valence-corrected chi connectivity index (χ3v) is 3.04. The Kier molecular flexibility index (Phi) is 4.55. The lowest BCUT2D eigenvalue weighted by Crippen LogP contribution is -2.37. The summed E-state index contributed by atoms with van der Waals surface area (Å²) in [5, 5.41) is 16.7. The number of hydrogen-bond acceptors (Lipinski definition) is 3. The molecule has 1 heterocycles. The van der Waals surface area contributed by atoms with Gasteiger partial charge in [0.15, 0.2) is 0 Å². The molecule has 0 amide bonds. The van der Waals surface area contributed by atoms with Crippen molar-refractivity contribution in [2.24, 2.45) is 5.73 Å². The van der Waals surface area contributed by atoms with Crippen LogP contribution in [0.25, 0.3) is 0 Å². The van der Waals surface area contributed by atoms with Crippen molar-refractivity contribution in [3.05, 3.63) is 29.8 Å². The number of carbonyl (C=O) groups is 1. The van der Waals surface area contributed by atoms with Crippen LogP contribution in [-0.4, -0.2) is 29.5 Å². The summed E-state index contributed by atoms with van der Waals surface area (Å²) in [5.74, 6) is -0.850. The molecule has 1 aliphatic heterocycles. The minimum Gasteiger partial charge on any atom is -0.480 e. The molecule has 1 saturated heterocycles. The molecule has 0 spiro atoms. The van der Waals surface area contributed by atoms with Crippen molar-refractivity contribution in [1.29, 1.82) is 5.41 Å². The van der Waals surface area contributed by atoms with E-state index >= 15 is 0 Å². The predicted molar refractivity (Wildman–Crippen MR) is 72.7 cm³/mol. The summed E-state index contributed by atoms with van der Waals surface area (Å²) in [7, 11) is 0. The number of nitrogens with two attached hydrogens (primary N) is 1. The van der Waals surface area contributed by atoms with Gasteiger partial charge in [-0.1, -0.05) is 12.1 Å². The van der Waals surface area contributed by atoms with E-state index in [9.17, 15) is 4.79 Å². The van der Waals surface area contributed by atoms with E-state index < -0.39 is 12.0 Å². The number of anilines is 1. The first-order valence-electron chi connectivity index (χ1n) is 5.54. The zero-order valence-electron chi connectivity index (χ0n) is 9.80. The number of benzene rings is 1. The van der Waals surface area contributed by atoms with Gasteiger partial charge in [-0.25, -0.2) is 4.79 Å². The lowest BCUT2D eigenvalue weighted by molar-refractivity contribution is -0.138. The van der Waals surface area contributed by atoms with Gasteiger partial charge < -0.3 is 15.7 Å². The number of hydrogen-bond donors (Lipinski definition) is 3. The Bertz CT molecular complexity index is 464. The first-order chi connectivity index (χ1) is 8.11. The number of amidine groups is 1. The molecule has 18 heavy (non-hydrogen) atoms. The molecule has 98 valence electrons. The minimum atomic E-state index is -0.819. The molecule has 1 unspecified atom stereocenters. The van der Waals surface area contributed by atoms with Gasteiger partial charge in [0.25, 0.3) is 0 Å². The zero-order valence-corrected chi connectivity index (χ0v) is 10.6. The number of rotatable bonds is 3. The number of halogens is 1. The fraction of sp³-hybridized carbons (Fsp3) is 0.333. The van der Waals surface area contributed by atoms with Crippen LogP contribution in [-0.2, 0) is 4.79 Å². The molecular weight excluding hydrogens is 254 g/mol. The Morgan fingerprint density at radius 3 is 2.72 bits per heavy atom. The highest BCUT2D eigenvalue weighted by molar-refractivity contribution is 6.01. The highest BCUT2D eigenvalue weighted by Gasteiger charge is 2.31. The molecule has 0 aliphatic carbocycles. The maximum absolute atomic E-state index is 11.1. The number of carboxylic acid groups (broad SMARTS) is 1. The molecular formula is C12H16ClN3O2. The van der Waals surface area contributed by atoms with Crippen molar-refractivity contribution >= 4 is 29.9 Å². The van der Waals surface area contributed by atoms with Gasteiger partial charge in [0.05, 0.1) is 0 Å². The van der Waals surface area contributed by atoms with Crippen LogP contribution in [0.3, 0.4) is 0 Å². The number of nitrogens with one attached hydrogen (secondary N) is 1. The standard InChI is InChI=1S/C12H15N3O2.ClH/c13-11(14)8-4-1-2-5-9(8)15-7-3-6-10(15)12(16)17;/h1-2,4-5,10H,3,6-7H2,(H3,13,14)(H,16,17);1H. The Morgan fingerprint density at radius 2 is 2.11 bits per heavy atom. The van der Waals surface area contributed by atoms with E-state index in [-0.39, 0.29) is 18.2 Å². The lowest BCUT2D eigenvalue weighted by atomic mass is 10.1. The van der Waals surface area contributed by atoms with E-state index in [2.05, 4.69) is 0 Å². The van der Waals surface area contributed by atoms with E-state index in [4.69, 9.17) is 16.2 Å². The van der Waals surface area contributed by atoms with Gasteiger partial charge in [-0.05, 0) is 25.0 Å². The summed E-state index contributed by atoms with van der Waals surface area (Å²) in [5.41, 5.74) is 6.85. The Hall–Kier alpha value is -1.75. The number of nitrogens with zero attached hydrogens (tertiary/aromatic N) is 1. The molecule has 1 atom stereocenters. The summed E-state index contributed by atoms with van der Waals surface area (Å²) >= 11 is 0. The van der Waals surface area contributed by atoms with Gasteiger partial charge in [0, 0.05) is 17.8 Å². The summed E-state index contributed by atoms with van der Waals surface area (Å²) < 4.78 is 0. The number of para-hydroxylation sites is 1. The third kappa shape index (κ3) is 2.56. The fourth-order valence-electron chi connectivity index (χ4n) is 2.26. The topological polar surface area (TPSA) is 90.4 Å². The van der Waals surface area contributed by atoms with E-state index in [1.165, 1.54) is 0 Å². The predicted octanol–water partition coefficient (Wildman–Crippen LogP) is 1.45. The maximum Gasteiger partial charge on any atom is 0.326 e. The Morgan fingerprint density at radius 1 is 1.44 bits per heavy atom. The van der Waals surface area contributed by atoms with E-state index in [0.29, 0.717) is 18.5 Å². The van der Waals surface area contributed by atoms with Crippen molar-refractivity contribution in [3.8, 4) is 0 Å². The van der Waals surface area contributed by atoms with Crippen LogP contribution in [0.15, 0.2) is 24.3 Å². The molecule has 1 aromatic carbocycles. The molecule has 6 heteroatoms. The minimum absolute atomic E-state index is 0. The highest BCUT2D eigenvalue weighted by atomic mass is 35.5. The smallest absolute Gasteiger partial charge is 0.326 e. The van der Waals surface area contributed by atoms with Crippen LogP contribution in [0.2, 0.25) is 0 Å². The summed E-state index contributed by atoms with van der Waals surface area (Å²) in [6, 6.07) is 6.69. The van der Waals surface area contributed by atoms with Crippen LogP contribution >= 0.6 is 12.4 Å². The average molecular weight is 270 g/mol. The lowest BCUT2D eigenvalue weighted by Gasteiger charge is -2.25. The molecule has 0 saturated carbocycles. The van der Waals surface area contributed by atoms with Crippen molar-refractivity contribution < 1.29 is 9.90 Å². The molecule has 2 rings (SSSR count). The van der Waals surface area contributed by atoms with Gasteiger partial charge in [-0.3, -0.25) is 5.41 Å².